The minimum atomic E-state index is 0.578. The zero-order valence-corrected chi connectivity index (χ0v) is 11.2. The van der Waals surface area contributed by atoms with Crippen molar-refractivity contribution in [3.05, 3.63) is 11.6 Å². The van der Waals surface area contributed by atoms with Crippen LogP contribution in [0.1, 0.15) is 53.4 Å². The molecule has 0 aromatic carbocycles. The van der Waals surface area contributed by atoms with Crippen LogP contribution in [-0.2, 0) is 0 Å². The van der Waals surface area contributed by atoms with Gasteiger partial charge in [0.25, 0.3) is 0 Å². The highest BCUT2D eigenvalue weighted by Crippen LogP contribution is 2.16. The van der Waals surface area contributed by atoms with E-state index in [9.17, 15) is 0 Å². The highest BCUT2D eigenvalue weighted by atomic mass is 15.2. The lowest BCUT2D eigenvalue weighted by Gasteiger charge is -2.28. The van der Waals surface area contributed by atoms with E-state index in [4.69, 9.17) is 0 Å². The SMILES string of the molecule is CC(C)N(CC#CC1=CCCCC1)C(C)C. The van der Waals surface area contributed by atoms with Crippen molar-refractivity contribution in [1.82, 2.24) is 4.90 Å². The van der Waals surface area contributed by atoms with Gasteiger partial charge in [0.05, 0.1) is 6.54 Å². The summed E-state index contributed by atoms with van der Waals surface area (Å²) in [4.78, 5) is 2.43. The van der Waals surface area contributed by atoms with Crippen molar-refractivity contribution in [2.24, 2.45) is 0 Å². The summed E-state index contributed by atoms with van der Waals surface area (Å²) >= 11 is 0. The van der Waals surface area contributed by atoms with Gasteiger partial charge in [-0.2, -0.15) is 0 Å². The first-order valence-corrected chi connectivity index (χ1v) is 6.55. The number of rotatable bonds is 3. The van der Waals surface area contributed by atoms with E-state index in [0.717, 1.165) is 6.54 Å². The van der Waals surface area contributed by atoms with Gasteiger partial charge in [-0.15, -0.1) is 0 Å². The number of nitrogens with zero attached hydrogens (tertiary/aromatic N) is 1. The Kier molecular flexibility index (Phi) is 5.63. The Bertz CT molecular complexity index is 280. The van der Waals surface area contributed by atoms with Crippen LogP contribution in [0.5, 0.6) is 0 Å². The molecule has 0 amide bonds. The van der Waals surface area contributed by atoms with Crippen molar-refractivity contribution < 1.29 is 0 Å². The lowest BCUT2D eigenvalue weighted by molar-refractivity contribution is 0.200. The van der Waals surface area contributed by atoms with Crippen molar-refractivity contribution in [2.45, 2.75) is 65.5 Å². The van der Waals surface area contributed by atoms with Gasteiger partial charge in [0.2, 0.25) is 0 Å². The second-order valence-electron chi connectivity index (χ2n) is 5.14. The fourth-order valence-corrected chi connectivity index (χ4v) is 2.16. The number of hydrogen-bond acceptors (Lipinski definition) is 1. The minimum absolute atomic E-state index is 0.578. The second kappa shape index (κ2) is 6.76. The number of hydrogen-bond donors (Lipinski definition) is 0. The van der Waals surface area contributed by atoms with Gasteiger partial charge in [-0.3, -0.25) is 4.90 Å². The second-order valence-corrected chi connectivity index (χ2v) is 5.14. The molecule has 1 aliphatic carbocycles. The van der Waals surface area contributed by atoms with Crippen LogP contribution < -0.4 is 0 Å². The molecule has 0 aromatic heterocycles. The Balaban J connectivity index is 2.48. The molecule has 0 aromatic rings. The highest BCUT2D eigenvalue weighted by Gasteiger charge is 2.11. The molecule has 0 spiro atoms. The summed E-state index contributed by atoms with van der Waals surface area (Å²) in [5.41, 5.74) is 1.36. The minimum Gasteiger partial charge on any atom is -0.287 e. The summed E-state index contributed by atoms with van der Waals surface area (Å²) in [5, 5.41) is 0. The predicted molar refractivity (Wildman–Crippen MR) is 71.3 cm³/mol. The molecular weight excluding hydrogens is 194 g/mol. The van der Waals surface area contributed by atoms with Crippen LogP contribution in [-0.4, -0.2) is 23.5 Å². The van der Waals surface area contributed by atoms with E-state index in [0.29, 0.717) is 12.1 Å². The smallest absolute Gasteiger partial charge is 0.0609 e. The zero-order chi connectivity index (χ0) is 12.0. The average Bonchev–Trinajstić information content (AvgIpc) is 2.24. The molecule has 1 aliphatic rings. The van der Waals surface area contributed by atoms with Gasteiger partial charge in [-0.05, 0) is 59.0 Å². The van der Waals surface area contributed by atoms with Crippen LogP contribution in [0.3, 0.4) is 0 Å². The molecule has 0 fully saturated rings. The molecule has 0 N–H and O–H groups in total. The largest absolute Gasteiger partial charge is 0.287 e. The van der Waals surface area contributed by atoms with Gasteiger partial charge >= 0.3 is 0 Å². The Hall–Kier alpha value is -0.740. The Morgan fingerprint density at radius 3 is 2.38 bits per heavy atom. The molecule has 0 heterocycles. The van der Waals surface area contributed by atoms with Crippen LogP contribution in [0.15, 0.2) is 11.6 Å². The molecule has 0 aliphatic heterocycles. The van der Waals surface area contributed by atoms with E-state index in [1.807, 2.05) is 0 Å². The van der Waals surface area contributed by atoms with Gasteiger partial charge in [0.15, 0.2) is 0 Å². The summed E-state index contributed by atoms with van der Waals surface area (Å²) < 4.78 is 0. The van der Waals surface area contributed by atoms with Gasteiger partial charge < -0.3 is 0 Å². The fourth-order valence-electron chi connectivity index (χ4n) is 2.16. The summed E-state index contributed by atoms with van der Waals surface area (Å²) in [6.45, 7) is 9.85. The summed E-state index contributed by atoms with van der Waals surface area (Å²) in [5.74, 6) is 6.66. The monoisotopic (exact) mass is 219 g/mol. The van der Waals surface area contributed by atoms with Gasteiger partial charge in [0.1, 0.15) is 0 Å². The number of allylic oxidation sites excluding steroid dienone is 2. The Morgan fingerprint density at radius 2 is 1.88 bits per heavy atom. The van der Waals surface area contributed by atoms with Crippen LogP contribution >= 0.6 is 0 Å². The maximum Gasteiger partial charge on any atom is 0.0609 e. The van der Waals surface area contributed by atoms with E-state index in [1.54, 1.807) is 0 Å². The first kappa shape index (κ1) is 13.3. The highest BCUT2D eigenvalue weighted by molar-refractivity contribution is 5.30. The van der Waals surface area contributed by atoms with E-state index < -0.39 is 0 Å². The molecule has 0 bridgehead atoms. The Labute approximate surface area is 101 Å². The zero-order valence-electron chi connectivity index (χ0n) is 11.2. The summed E-state index contributed by atoms with van der Waals surface area (Å²) in [6.07, 6.45) is 7.39. The third-order valence-electron chi connectivity index (χ3n) is 3.13. The topological polar surface area (TPSA) is 3.24 Å². The van der Waals surface area contributed by atoms with Crippen LogP contribution in [0.2, 0.25) is 0 Å². The van der Waals surface area contributed by atoms with Crippen molar-refractivity contribution in [3.8, 4) is 11.8 Å². The van der Waals surface area contributed by atoms with Crippen LogP contribution in [0, 0.1) is 11.8 Å². The van der Waals surface area contributed by atoms with E-state index in [1.165, 1.54) is 31.3 Å². The fraction of sp³-hybridized carbons (Fsp3) is 0.733. The predicted octanol–water partition coefficient (Wildman–Crippen LogP) is 3.61. The third kappa shape index (κ3) is 4.41. The van der Waals surface area contributed by atoms with E-state index in [2.05, 4.69) is 50.5 Å². The van der Waals surface area contributed by atoms with Gasteiger partial charge in [0, 0.05) is 12.1 Å². The third-order valence-corrected chi connectivity index (χ3v) is 3.13. The van der Waals surface area contributed by atoms with Crippen LogP contribution in [0.25, 0.3) is 0 Å². The standard InChI is InChI=1S/C15H25N/c1-13(2)16(14(3)4)12-8-11-15-9-6-5-7-10-15/h9,13-14H,5-7,10,12H2,1-4H3. The molecule has 0 unspecified atom stereocenters. The van der Waals surface area contributed by atoms with Crippen molar-refractivity contribution in [2.75, 3.05) is 6.54 Å². The first-order chi connectivity index (χ1) is 7.61. The molecule has 1 nitrogen and oxygen atoms in total. The lowest BCUT2D eigenvalue weighted by atomic mass is 10.0. The van der Waals surface area contributed by atoms with E-state index in [-0.39, 0.29) is 0 Å². The Morgan fingerprint density at radius 1 is 1.19 bits per heavy atom. The first-order valence-electron chi connectivity index (χ1n) is 6.55. The molecular formula is C15H25N. The molecule has 90 valence electrons. The average molecular weight is 219 g/mol. The van der Waals surface area contributed by atoms with Crippen LogP contribution in [0.4, 0.5) is 0 Å². The molecule has 1 rings (SSSR count). The maximum atomic E-state index is 3.33. The van der Waals surface area contributed by atoms with Crippen molar-refractivity contribution in [1.29, 1.82) is 0 Å². The van der Waals surface area contributed by atoms with Crippen molar-refractivity contribution >= 4 is 0 Å². The molecule has 16 heavy (non-hydrogen) atoms. The van der Waals surface area contributed by atoms with Gasteiger partial charge in [-0.25, -0.2) is 0 Å². The quantitative estimate of drug-likeness (QED) is 0.655. The molecule has 0 atom stereocenters. The normalized spacial score (nSPS) is 16.3. The summed E-state index contributed by atoms with van der Waals surface area (Å²) in [7, 11) is 0. The summed E-state index contributed by atoms with van der Waals surface area (Å²) in [6, 6.07) is 1.16. The van der Waals surface area contributed by atoms with Crippen molar-refractivity contribution in [3.63, 3.8) is 0 Å². The maximum absolute atomic E-state index is 3.33. The lowest BCUT2D eigenvalue weighted by Crippen LogP contribution is -2.37. The van der Waals surface area contributed by atoms with E-state index >= 15 is 0 Å². The molecule has 0 saturated carbocycles. The molecule has 0 saturated heterocycles. The molecule has 1 heteroatoms. The van der Waals surface area contributed by atoms with Gasteiger partial charge in [-0.1, -0.05) is 17.9 Å². The molecule has 0 radical (unpaired) electrons.